The standard InChI is InChI=1S/C6H17NOSi2.C2H5O/c1-6-8-10(4,5)7(2,3)9;1-2-3/h6H2,1-5H3;2H2,1H3/q+1;-1. The van der Waals surface area contributed by atoms with Gasteiger partial charge >= 0.3 is 18.9 Å². The number of hydrogen-bond donors (Lipinski definition) is 0. The highest BCUT2D eigenvalue weighted by Crippen LogP contribution is 2.12. The van der Waals surface area contributed by atoms with Crippen molar-refractivity contribution in [3.63, 3.8) is 0 Å². The molecule has 0 saturated carbocycles. The van der Waals surface area contributed by atoms with Crippen molar-refractivity contribution in [2.24, 2.45) is 0 Å². The van der Waals surface area contributed by atoms with Crippen LogP contribution in [0.1, 0.15) is 13.8 Å². The predicted octanol–water partition coefficient (Wildman–Crippen LogP) is 0.251. The summed E-state index contributed by atoms with van der Waals surface area (Å²) in [7, 11) is 6.29. The summed E-state index contributed by atoms with van der Waals surface area (Å²) < 4.78 is 6.43. The van der Waals surface area contributed by atoms with Gasteiger partial charge in [-0.2, -0.15) is 0 Å². The lowest BCUT2D eigenvalue weighted by molar-refractivity contribution is -0.673. The van der Waals surface area contributed by atoms with E-state index in [1.54, 1.807) is 6.92 Å². The van der Waals surface area contributed by atoms with Crippen molar-refractivity contribution in [1.82, 2.24) is 0 Å². The molecule has 0 saturated heterocycles. The Morgan fingerprint density at radius 1 is 1.31 bits per heavy atom. The molecule has 0 aromatic carbocycles. The van der Waals surface area contributed by atoms with Crippen LogP contribution < -0.4 is 5.11 Å². The van der Waals surface area contributed by atoms with E-state index in [4.69, 9.17) is 9.53 Å². The third-order valence-electron chi connectivity index (χ3n) is 1.84. The van der Waals surface area contributed by atoms with Gasteiger partial charge in [0, 0.05) is 33.8 Å². The van der Waals surface area contributed by atoms with Crippen molar-refractivity contribution < 1.29 is 13.3 Å². The Morgan fingerprint density at radius 2 is 1.62 bits per heavy atom. The van der Waals surface area contributed by atoms with Gasteiger partial charge in [-0.05, 0) is 6.92 Å². The van der Waals surface area contributed by atoms with E-state index in [1.165, 1.54) is 0 Å². The summed E-state index contributed by atoms with van der Waals surface area (Å²) in [6.07, 6.45) is 0. The number of quaternary nitrogens is 1. The van der Waals surface area contributed by atoms with Crippen LogP contribution >= 0.6 is 0 Å². The largest absolute Gasteiger partial charge is 0.855 e. The molecule has 3 nitrogen and oxygen atoms in total. The summed E-state index contributed by atoms with van der Waals surface area (Å²) in [5.74, 6) is 0. The van der Waals surface area contributed by atoms with Crippen molar-refractivity contribution in [3.05, 3.63) is 0 Å². The van der Waals surface area contributed by atoms with E-state index in [9.17, 15) is 0 Å². The van der Waals surface area contributed by atoms with Crippen molar-refractivity contribution in [1.29, 1.82) is 0 Å². The van der Waals surface area contributed by atoms with Crippen LogP contribution in [0.15, 0.2) is 0 Å². The second kappa shape index (κ2) is 6.72. The quantitative estimate of drug-likeness (QED) is 0.639. The third kappa shape index (κ3) is 7.39. The molecular formula is C8H22NO2Si2. The lowest BCUT2D eigenvalue weighted by Crippen LogP contribution is -2.60. The first-order valence-electron chi connectivity index (χ1n) is 4.54. The molecule has 0 aromatic rings. The van der Waals surface area contributed by atoms with Crippen molar-refractivity contribution >= 4 is 18.9 Å². The number of rotatable bonds is 3. The van der Waals surface area contributed by atoms with Crippen LogP contribution in [0, 0.1) is 0 Å². The van der Waals surface area contributed by atoms with E-state index < -0.39 is 8.48 Å². The molecule has 3 radical (unpaired) electrons. The van der Waals surface area contributed by atoms with Gasteiger partial charge in [0.2, 0.25) is 0 Å². The van der Waals surface area contributed by atoms with E-state index in [2.05, 4.69) is 37.6 Å². The number of hydrogen-bond acceptors (Lipinski definition) is 2. The van der Waals surface area contributed by atoms with Crippen LogP contribution in [-0.4, -0.2) is 50.0 Å². The molecule has 0 aliphatic heterocycles. The van der Waals surface area contributed by atoms with Gasteiger partial charge in [-0.15, -0.1) is 6.61 Å². The van der Waals surface area contributed by atoms with Crippen LogP contribution in [0.3, 0.4) is 0 Å². The second-order valence-electron chi connectivity index (χ2n) is 3.62. The molecule has 0 fully saturated rings. The zero-order valence-corrected chi connectivity index (χ0v) is 11.7. The Kier molecular flexibility index (Phi) is 8.15. The molecule has 0 rings (SSSR count). The molecular weight excluding hydrogens is 198 g/mol. The second-order valence-corrected chi connectivity index (χ2v) is 9.49. The van der Waals surface area contributed by atoms with Gasteiger partial charge in [0.05, 0.1) is 0 Å². The molecule has 79 valence electrons. The van der Waals surface area contributed by atoms with Crippen LogP contribution in [0.25, 0.3) is 0 Å². The monoisotopic (exact) mass is 220 g/mol. The van der Waals surface area contributed by atoms with Gasteiger partial charge in [0.1, 0.15) is 0 Å². The molecule has 0 N–H and O–H groups in total. The van der Waals surface area contributed by atoms with E-state index in [-0.39, 0.29) is 6.61 Å². The molecule has 0 heterocycles. The van der Waals surface area contributed by atoms with Crippen LogP contribution in [0.5, 0.6) is 0 Å². The smallest absolute Gasteiger partial charge is 0.430 e. The van der Waals surface area contributed by atoms with Gasteiger partial charge in [-0.1, -0.05) is 6.92 Å². The Labute approximate surface area is 87.0 Å². The van der Waals surface area contributed by atoms with Crippen molar-refractivity contribution in [3.8, 4) is 0 Å². The van der Waals surface area contributed by atoms with Gasteiger partial charge in [0.25, 0.3) is 0 Å². The van der Waals surface area contributed by atoms with E-state index in [0.29, 0.717) is 0 Å². The van der Waals surface area contributed by atoms with Gasteiger partial charge in [-0.3, -0.25) is 0 Å². The maximum Gasteiger partial charge on any atom is 0.430 e. The molecule has 0 aliphatic carbocycles. The molecule has 0 unspecified atom stereocenters. The lowest BCUT2D eigenvalue weighted by atomic mass is 10.9. The average Bonchev–Trinajstić information content (AvgIpc) is 1.85. The van der Waals surface area contributed by atoms with Crippen LogP contribution in [-0.2, 0) is 4.43 Å². The fourth-order valence-corrected chi connectivity index (χ4v) is 1.74. The molecule has 0 atom stereocenters. The van der Waals surface area contributed by atoms with Crippen molar-refractivity contribution in [2.45, 2.75) is 26.9 Å². The summed E-state index contributed by atoms with van der Waals surface area (Å²) in [6, 6.07) is 0. The zero-order chi connectivity index (χ0) is 11.1. The molecule has 0 spiro atoms. The third-order valence-corrected chi connectivity index (χ3v) is 7.15. The van der Waals surface area contributed by atoms with Crippen molar-refractivity contribution in [2.75, 3.05) is 27.3 Å². The van der Waals surface area contributed by atoms with E-state index in [1.807, 2.05) is 6.92 Å². The van der Waals surface area contributed by atoms with Gasteiger partial charge in [0.15, 0.2) is 0 Å². The predicted molar refractivity (Wildman–Crippen MR) is 57.5 cm³/mol. The highest BCUT2D eigenvalue weighted by atomic mass is 28.4. The lowest BCUT2D eigenvalue weighted by Gasteiger charge is -2.38. The van der Waals surface area contributed by atoms with Gasteiger partial charge in [-0.25, -0.2) is 0 Å². The number of nitrogens with zero attached hydrogens (tertiary/aromatic N) is 1. The fourth-order valence-electron chi connectivity index (χ4n) is 0.515. The summed E-state index contributed by atoms with van der Waals surface area (Å²) >= 11 is 0. The Balaban J connectivity index is 0. The maximum atomic E-state index is 8.93. The maximum absolute atomic E-state index is 8.93. The Bertz CT molecular complexity index is 124. The first kappa shape index (κ1) is 15.8. The summed E-state index contributed by atoms with van der Waals surface area (Å²) in [5.41, 5.74) is 0. The van der Waals surface area contributed by atoms with E-state index >= 15 is 0 Å². The zero-order valence-electron chi connectivity index (χ0n) is 9.68. The topological polar surface area (TPSA) is 32.3 Å². The minimum Gasteiger partial charge on any atom is -0.855 e. The molecule has 5 heteroatoms. The molecule has 13 heavy (non-hydrogen) atoms. The van der Waals surface area contributed by atoms with E-state index in [0.717, 1.165) is 10.4 Å². The first-order valence-corrected chi connectivity index (χ1v) is 7.84. The molecule has 0 amide bonds. The highest BCUT2D eigenvalue weighted by Gasteiger charge is 2.39. The minimum absolute atomic E-state index is 0. The van der Waals surface area contributed by atoms with Crippen LogP contribution in [0.2, 0.25) is 13.1 Å². The summed E-state index contributed by atoms with van der Waals surface area (Å²) in [4.78, 5) is 0. The highest BCUT2D eigenvalue weighted by molar-refractivity contribution is 6.66. The summed E-state index contributed by atoms with van der Waals surface area (Å²) in [6.45, 7) is 8.81. The first-order chi connectivity index (χ1) is 5.72. The normalized spacial score (nSPS) is 12.0. The Hall–Kier alpha value is 0.314. The van der Waals surface area contributed by atoms with Gasteiger partial charge < -0.3 is 13.3 Å². The molecule has 0 aromatic heterocycles. The SMILES string of the molecule is CCO[Si](C)(C)[N+](C)(C)[Si].CC[O-]. The average molecular weight is 220 g/mol. The molecule has 0 bridgehead atoms. The fraction of sp³-hybridized carbons (Fsp3) is 1.00. The van der Waals surface area contributed by atoms with Crippen LogP contribution in [0.4, 0.5) is 0 Å². The molecule has 0 aliphatic rings. The summed E-state index contributed by atoms with van der Waals surface area (Å²) in [5, 5.41) is 8.93. The Morgan fingerprint density at radius 3 is 1.69 bits per heavy atom. The minimum atomic E-state index is -1.55.